The average molecular weight is 229 g/mol. The van der Waals surface area contributed by atoms with Gasteiger partial charge in [0.05, 0.1) is 5.56 Å². The molecule has 1 aromatic rings. The predicted molar refractivity (Wildman–Crippen MR) is 50.9 cm³/mol. The molecule has 4 nitrogen and oxygen atoms in total. The summed E-state index contributed by atoms with van der Waals surface area (Å²) in [6.07, 6.45) is -0.574. The molecule has 0 saturated carbocycles. The Morgan fingerprint density at radius 2 is 2.00 bits per heavy atom. The van der Waals surface area contributed by atoms with Crippen molar-refractivity contribution in [2.45, 2.75) is 12.5 Å². The number of benzene rings is 1. The molecule has 0 aliphatic rings. The molecule has 1 rings (SSSR count). The third-order valence-corrected chi connectivity index (χ3v) is 1.95. The van der Waals surface area contributed by atoms with Gasteiger partial charge >= 0.3 is 5.97 Å². The Morgan fingerprint density at radius 3 is 2.56 bits per heavy atom. The van der Waals surface area contributed by atoms with Crippen molar-refractivity contribution in [3.63, 3.8) is 0 Å². The van der Waals surface area contributed by atoms with Crippen molar-refractivity contribution in [1.82, 2.24) is 0 Å². The Balaban J connectivity index is 2.88. The lowest BCUT2D eigenvalue weighted by Gasteiger charge is -2.06. The number of hydrogen-bond acceptors (Lipinski definition) is 3. The minimum Gasteiger partial charge on any atom is -0.480 e. The SMILES string of the molecule is N[C@H](CC(=O)c1cc(F)ccc1F)C(=O)O. The molecule has 16 heavy (non-hydrogen) atoms. The van der Waals surface area contributed by atoms with Gasteiger partial charge < -0.3 is 10.8 Å². The van der Waals surface area contributed by atoms with Gasteiger partial charge in [0, 0.05) is 6.42 Å². The number of nitrogens with two attached hydrogens (primary N) is 1. The average Bonchev–Trinajstić information content (AvgIpc) is 2.21. The second kappa shape index (κ2) is 4.80. The van der Waals surface area contributed by atoms with Crippen molar-refractivity contribution in [3.8, 4) is 0 Å². The summed E-state index contributed by atoms with van der Waals surface area (Å²) < 4.78 is 25.8. The quantitative estimate of drug-likeness (QED) is 0.753. The molecule has 0 aromatic heterocycles. The van der Waals surface area contributed by atoms with E-state index in [4.69, 9.17) is 10.8 Å². The second-order valence-electron chi connectivity index (χ2n) is 3.20. The van der Waals surface area contributed by atoms with Crippen LogP contribution in [-0.2, 0) is 4.79 Å². The molecule has 3 N–H and O–H groups in total. The van der Waals surface area contributed by atoms with E-state index < -0.39 is 41.4 Å². The maximum absolute atomic E-state index is 13.1. The van der Waals surface area contributed by atoms with Gasteiger partial charge in [0.25, 0.3) is 0 Å². The lowest BCUT2D eigenvalue weighted by molar-refractivity contribution is -0.138. The van der Waals surface area contributed by atoms with Crippen molar-refractivity contribution >= 4 is 11.8 Å². The largest absolute Gasteiger partial charge is 0.480 e. The first-order valence-electron chi connectivity index (χ1n) is 4.38. The highest BCUT2D eigenvalue weighted by molar-refractivity contribution is 5.98. The molecule has 6 heteroatoms. The number of rotatable bonds is 4. The van der Waals surface area contributed by atoms with Crippen molar-refractivity contribution < 1.29 is 23.5 Å². The van der Waals surface area contributed by atoms with Gasteiger partial charge in [-0.2, -0.15) is 0 Å². The van der Waals surface area contributed by atoms with E-state index in [1.165, 1.54) is 0 Å². The van der Waals surface area contributed by atoms with Gasteiger partial charge in [-0.3, -0.25) is 9.59 Å². The molecule has 1 atom stereocenters. The molecule has 0 saturated heterocycles. The van der Waals surface area contributed by atoms with Gasteiger partial charge in [0.1, 0.15) is 17.7 Å². The van der Waals surface area contributed by atoms with Gasteiger partial charge in [-0.25, -0.2) is 8.78 Å². The van der Waals surface area contributed by atoms with Gasteiger partial charge in [0.15, 0.2) is 5.78 Å². The number of aliphatic carboxylic acids is 1. The highest BCUT2D eigenvalue weighted by atomic mass is 19.1. The predicted octanol–water partition coefficient (Wildman–Crippen LogP) is 0.950. The van der Waals surface area contributed by atoms with E-state index in [-0.39, 0.29) is 0 Å². The summed E-state index contributed by atoms with van der Waals surface area (Å²) in [5.41, 5.74) is 4.62. The first-order chi connectivity index (χ1) is 7.41. The molecule has 0 spiro atoms. The lowest BCUT2D eigenvalue weighted by atomic mass is 10.0. The van der Waals surface area contributed by atoms with E-state index >= 15 is 0 Å². The van der Waals surface area contributed by atoms with E-state index in [9.17, 15) is 18.4 Å². The molecule has 1 aromatic carbocycles. The van der Waals surface area contributed by atoms with Crippen LogP contribution >= 0.6 is 0 Å². The van der Waals surface area contributed by atoms with E-state index in [2.05, 4.69) is 0 Å². The molecule has 86 valence electrons. The second-order valence-corrected chi connectivity index (χ2v) is 3.20. The molecule has 0 aliphatic heterocycles. The number of ketones is 1. The third-order valence-electron chi connectivity index (χ3n) is 1.95. The summed E-state index contributed by atoms with van der Waals surface area (Å²) in [6.45, 7) is 0. The van der Waals surface area contributed by atoms with Crippen molar-refractivity contribution in [3.05, 3.63) is 35.4 Å². The molecule has 0 radical (unpaired) electrons. The maximum Gasteiger partial charge on any atom is 0.320 e. The summed E-state index contributed by atoms with van der Waals surface area (Å²) in [5.74, 6) is -3.88. The van der Waals surface area contributed by atoms with Crippen LogP contribution in [0.1, 0.15) is 16.8 Å². The number of halogens is 2. The smallest absolute Gasteiger partial charge is 0.320 e. The Bertz CT molecular complexity index is 434. The normalized spacial score (nSPS) is 12.2. The van der Waals surface area contributed by atoms with E-state index in [1.807, 2.05) is 0 Å². The van der Waals surface area contributed by atoms with E-state index in [0.717, 1.165) is 12.1 Å². The first kappa shape index (κ1) is 12.3. The Hall–Kier alpha value is -1.82. The zero-order valence-corrected chi connectivity index (χ0v) is 8.11. The molecule has 0 amide bonds. The van der Waals surface area contributed by atoms with Crippen molar-refractivity contribution in [2.24, 2.45) is 5.73 Å². The minimum absolute atomic E-state index is 0.489. The molecular formula is C10H9F2NO3. The molecule has 0 heterocycles. The van der Waals surface area contributed by atoms with E-state index in [0.29, 0.717) is 6.07 Å². The van der Waals surface area contributed by atoms with Gasteiger partial charge in [0.2, 0.25) is 0 Å². The van der Waals surface area contributed by atoms with Gasteiger partial charge in [-0.05, 0) is 18.2 Å². The van der Waals surface area contributed by atoms with Crippen LogP contribution in [0.25, 0.3) is 0 Å². The molecular weight excluding hydrogens is 220 g/mol. The summed E-state index contributed by atoms with van der Waals surface area (Å²) in [4.78, 5) is 21.8. The van der Waals surface area contributed by atoms with Crippen LogP contribution in [0.5, 0.6) is 0 Å². The Labute approximate surface area is 89.7 Å². The minimum atomic E-state index is -1.42. The lowest BCUT2D eigenvalue weighted by Crippen LogP contribution is -2.32. The van der Waals surface area contributed by atoms with Crippen molar-refractivity contribution in [1.29, 1.82) is 0 Å². The third kappa shape index (κ3) is 2.83. The number of hydrogen-bond donors (Lipinski definition) is 2. The maximum atomic E-state index is 13.1. The number of carboxylic acid groups (broad SMARTS) is 1. The molecule has 0 aliphatic carbocycles. The van der Waals surface area contributed by atoms with Crippen molar-refractivity contribution in [2.75, 3.05) is 0 Å². The summed E-state index contributed by atoms with van der Waals surface area (Å²) in [7, 11) is 0. The van der Waals surface area contributed by atoms with Crippen LogP contribution < -0.4 is 5.73 Å². The van der Waals surface area contributed by atoms with Gasteiger partial charge in [-0.1, -0.05) is 0 Å². The van der Waals surface area contributed by atoms with Crippen LogP contribution in [0.15, 0.2) is 18.2 Å². The highest BCUT2D eigenvalue weighted by Crippen LogP contribution is 2.12. The molecule has 0 unspecified atom stereocenters. The number of Topliss-reactive ketones (excluding diaryl/α,β-unsaturated/α-hetero) is 1. The van der Waals surface area contributed by atoms with E-state index in [1.54, 1.807) is 0 Å². The monoisotopic (exact) mass is 229 g/mol. The highest BCUT2D eigenvalue weighted by Gasteiger charge is 2.20. The zero-order chi connectivity index (χ0) is 12.3. The van der Waals surface area contributed by atoms with Crippen LogP contribution in [0, 0.1) is 11.6 Å². The summed E-state index contributed by atoms with van der Waals surface area (Å²) >= 11 is 0. The standard InChI is InChI=1S/C10H9F2NO3/c11-5-1-2-7(12)6(3-5)9(14)4-8(13)10(15)16/h1-3,8H,4,13H2,(H,15,16)/t8-/m1/s1. The number of carboxylic acids is 1. The van der Waals surface area contributed by atoms with Crippen LogP contribution in [-0.4, -0.2) is 22.9 Å². The Morgan fingerprint density at radius 1 is 1.38 bits per heavy atom. The zero-order valence-electron chi connectivity index (χ0n) is 8.11. The Kier molecular flexibility index (Phi) is 3.68. The fraction of sp³-hybridized carbons (Fsp3) is 0.200. The van der Waals surface area contributed by atoms with Gasteiger partial charge in [-0.15, -0.1) is 0 Å². The summed E-state index contributed by atoms with van der Waals surface area (Å²) in [5, 5.41) is 8.46. The molecule has 0 fully saturated rings. The number of carbonyl (C=O) groups excluding carboxylic acids is 1. The fourth-order valence-corrected chi connectivity index (χ4v) is 1.11. The van der Waals surface area contributed by atoms with Crippen LogP contribution in [0.3, 0.4) is 0 Å². The molecule has 0 bridgehead atoms. The first-order valence-corrected chi connectivity index (χ1v) is 4.38. The number of carbonyl (C=O) groups is 2. The van der Waals surface area contributed by atoms with Crippen LogP contribution in [0.4, 0.5) is 8.78 Å². The van der Waals surface area contributed by atoms with Crippen LogP contribution in [0.2, 0.25) is 0 Å². The summed E-state index contributed by atoms with van der Waals surface area (Å²) in [6, 6.07) is 0.958. The fourth-order valence-electron chi connectivity index (χ4n) is 1.11. The topological polar surface area (TPSA) is 80.4 Å².